The number of carbonyl (C=O) groups is 2. The molecule has 0 heterocycles. The molecule has 0 saturated carbocycles. The molecule has 0 aromatic rings. The molecule has 1 atom stereocenters. The minimum atomic E-state index is -0.732. The topological polar surface area (TPSA) is 72.8 Å². The van der Waals surface area contributed by atoms with Gasteiger partial charge in [0.05, 0.1) is 19.6 Å². The van der Waals surface area contributed by atoms with Gasteiger partial charge in [-0.1, -0.05) is 6.58 Å². The molecule has 0 aliphatic heterocycles. The van der Waals surface area contributed by atoms with E-state index >= 15 is 0 Å². The average molecular weight is 202 g/mol. The van der Waals surface area contributed by atoms with Crippen LogP contribution in [-0.2, 0) is 19.1 Å². The van der Waals surface area contributed by atoms with Crippen molar-refractivity contribution in [3.63, 3.8) is 0 Å². The van der Waals surface area contributed by atoms with Gasteiger partial charge in [0.1, 0.15) is 6.61 Å². The Kier molecular flexibility index (Phi) is 5.55. The van der Waals surface area contributed by atoms with Crippen LogP contribution in [0.2, 0.25) is 0 Å². The molecule has 0 aliphatic rings. The average Bonchev–Trinajstić information content (AvgIpc) is 2.13. The highest BCUT2D eigenvalue weighted by atomic mass is 16.5. The third-order valence-corrected chi connectivity index (χ3v) is 1.33. The molecule has 0 spiro atoms. The highest BCUT2D eigenvalue weighted by molar-refractivity contribution is 5.93. The summed E-state index contributed by atoms with van der Waals surface area (Å²) in [7, 11) is 1.22. The van der Waals surface area contributed by atoms with Gasteiger partial charge in [-0.3, -0.25) is 4.79 Å². The molecule has 0 fully saturated rings. The van der Waals surface area contributed by atoms with E-state index in [1.165, 1.54) is 14.0 Å². The molecule has 0 aromatic carbocycles. The lowest BCUT2D eigenvalue weighted by Gasteiger charge is -2.07. The summed E-state index contributed by atoms with van der Waals surface area (Å²) in [6.07, 6.45) is -0.931. The largest absolute Gasteiger partial charge is 0.469 e. The fraction of sp³-hybridized carbons (Fsp3) is 0.556. The molecule has 80 valence electrons. The highest BCUT2D eigenvalue weighted by Gasteiger charge is 2.13. The first kappa shape index (κ1) is 12.6. The molecule has 0 aliphatic carbocycles. The molecule has 0 aromatic heterocycles. The smallest absolute Gasteiger partial charge is 0.334 e. The zero-order valence-corrected chi connectivity index (χ0v) is 8.28. The number of hydrogen-bond acceptors (Lipinski definition) is 5. The number of aliphatic hydroxyl groups is 1. The Labute approximate surface area is 82.3 Å². The molecule has 0 saturated heterocycles. The second kappa shape index (κ2) is 6.15. The predicted octanol–water partition coefficient (Wildman–Crippen LogP) is 0.0297. The van der Waals surface area contributed by atoms with Crippen molar-refractivity contribution < 1.29 is 24.2 Å². The summed E-state index contributed by atoms with van der Waals surface area (Å²) < 4.78 is 8.95. The van der Waals surface area contributed by atoms with Gasteiger partial charge >= 0.3 is 11.9 Å². The third-order valence-electron chi connectivity index (χ3n) is 1.33. The fourth-order valence-corrected chi connectivity index (χ4v) is 0.617. The second-order valence-corrected chi connectivity index (χ2v) is 2.80. The molecule has 5 nitrogen and oxygen atoms in total. The summed E-state index contributed by atoms with van der Waals surface area (Å²) in [5.74, 6) is -1.25. The molecule has 0 bridgehead atoms. The quantitative estimate of drug-likeness (QED) is 0.503. The van der Waals surface area contributed by atoms with E-state index in [1.54, 1.807) is 0 Å². The van der Waals surface area contributed by atoms with Crippen molar-refractivity contribution in [3.05, 3.63) is 12.2 Å². The van der Waals surface area contributed by atoms with E-state index in [-0.39, 0.29) is 18.6 Å². The van der Waals surface area contributed by atoms with E-state index in [0.29, 0.717) is 0 Å². The maximum absolute atomic E-state index is 11.1. The van der Waals surface area contributed by atoms with Crippen LogP contribution in [0.4, 0.5) is 0 Å². The minimum Gasteiger partial charge on any atom is -0.469 e. The van der Waals surface area contributed by atoms with Crippen LogP contribution in [0.25, 0.3) is 0 Å². The molecule has 0 radical (unpaired) electrons. The van der Waals surface area contributed by atoms with Crippen molar-refractivity contribution in [3.8, 4) is 0 Å². The van der Waals surface area contributed by atoms with Crippen LogP contribution < -0.4 is 0 Å². The Morgan fingerprint density at radius 2 is 2.07 bits per heavy atom. The first-order valence-corrected chi connectivity index (χ1v) is 4.07. The van der Waals surface area contributed by atoms with Crippen LogP contribution in [0.5, 0.6) is 0 Å². The Morgan fingerprint density at radius 3 is 2.50 bits per heavy atom. The van der Waals surface area contributed by atoms with Crippen molar-refractivity contribution in [2.45, 2.75) is 19.4 Å². The van der Waals surface area contributed by atoms with Crippen LogP contribution in [0.15, 0.2) is 12.2 Å². The second-order valence-electron chi connectivity index (χ2n) is 2.80. The van der Waals surface area contributed by atoms with Crippen LogP contribution >= 0.6 is 0 Å². The summed E-state index contributed by atoms with van der Waals surface area (Å²) in [5.41, 5.74) is 0.0116. The van der Waals surface area contributed by atoms with Gasteiger partial charge in [0.25, 0.3) is 0 Å². The van der Waals surface area contributed by atoms with Gasteiger partial charge in [-0.15, -0.1) is 0 Å². The Bertz CT molecular complexity index is 231. The van der Waals surface area contributed by atoms with Gasteiger partial charge in [-0.05, 0) is 6.92 Å². The number of methoxy groups -OCH3 is 1. The predicted molar refractivity (Wildman–Crippen MR) is 48.4 cm³/mol. The molecular weight excluding hydrogens is 188 g/mol. The van der Waals surface area contributed by atoms with E-state index in [9.17, 15) is 9.59 Å². The Hall–Kier alpha value is -1.36. The lowest BCUT2D eigenvalue weighted by atomic mass is 10.2. The normalized spacial score (nSPS) is 11.6. The fourth-order valence-electron chi connectivity index (χ4n) is 0.617. The molecular formula is C9H14O5. The van der Waals surface area contributed by atoms with E-state index < -0.39 is 18.0 Å². The van der Waals surface area contributed by atoms with E-state index in [2.05, 4.69) is 16.1 Å². The van der Waals surface area contributed by atoms with Crippen molar-refractivity contribution >= 4 is 11.9 Å². The van der Waals surface area contributed by atoms with Crippen LogP contribution in [0.1, 0.15) is 13.3 Å². The maximum Gasteiger partial charge on any atom is 0.334 e. The molecule has 1 N–H and O–H groups in total. The third kappa shape index (κ3) is 5.31. The summed E-state index contributed by atoms with van der Waals surface area (Å²) in [6.45, 7) is 4.73. The first-order valence-electron chi connectivity index (χ1n) is 4.07. The molecule has 1 unspecified atom stereocenters. The van der Waals surface area contributed by atoms with Crippen molar-refractivity contribution in [1.29, 1.82) is 0 Å². The zero-order valence-electron chi connectivity index (χ0n) is 8.28. The summed E-state index contributed by atoms with van der Waals surface area (Å²) >= 11 is 0. The van der Waals surface area contributed by atoms with Gasteiger partial charge in [-0.2, -0.15) is 0 Å². The van der Waals surface area contributed by atoms with Crippen molar-refractivity contribution in [1.82, 2.24) is 0 Å². The van der Waals surface area contributed by atoms with Gasteiger partial charge in [0.2, 0.25) is 0 Å². The minimum absolute atomic E-state index is 0.0116. The van der Waals surface area contributed by atoms with E-state index in [0.717, 1.165) is 0 Å². The number of esters is 2. The van der Waals surface area contributed by atoms with Crippen molar-refractivity contribution in [2.24, 2.45) is 0 Å². The van der Waals surface area contributed by atoms with Crippen LogP contribution in [-0.4, -0.2) is 36.9 Å². The number of rotatable bonds is 5. The van der Waals surface area contributed by atoms with Gasteiger partial charge in [-0.25, -0.2) is 4.79 Å². The number of hydrogen-bond donors (Lipinski definition) is 1. The Morgan fingerprint density at radius 1 is 1.50 bits per heavy atom. The van der Waals surface area contributed by atoms with Gasteiger partial charge < -0.3 is 14.6 Å². The maximum atomic E-state index is 11.1. The molecule has 14 heavy (non-hydrogen) atoms. The van der Waals surface area contributed by atoms with E-state index in [1.807, 2.05) is 0 Å². The summed E-state index contributed by atoms with van der Waals surface area (Å²) in [4.78, 5) is 21.8. The number of ether oxygens (including phenoxy) is 2. The van der Waals surface area contributed by atoms with E-state index in [4.69, 9.17) is 5.11 Å². The lowest BCUT2D eigenvalue weighted by molar-refractivity contribution is -0.145. The number of carbonyl (C=O) groups excluding carboxylic acids is 2. The summed E-state index contributed by atoms with van der Waals surface area (Å²) in [6, 6.07) is 0. The number of aliphatic hydroxyl groups excluding tert-OH is 1. The zero-order chi connectivity index (χ0) is 11.1. The van der Waals surface area contributed by atoms with Crippen LogP contribution in [0.3, 0.4) is 0 Å². The molecule has 5 heteroatoms. The Balaban J connectivity index is 3.88. The first-order chi connectivity index (χ1) is 6.47. The lowest BCUT2D eigenvalue weighted by Crippen LogP contribution is -2.17. The molecule has 0 amide bonds. The molecule has 0 rings (SSSR count). The monoisotopic (exact) mass is 202 g/mol. The SMILES string of the molecule is C=C(CC(=O)OC)C(=O)OCC(C)O. The standard InChI is InChI=1S/C9H14O5/c1-6(4-8(11)13-3)9(12)14-5-7(2)10/h7,10H,1,4-5H2,2-3H3. The van der Waals surface area contributed by atoms with Gasteiger partial charge in [0.15, 0.2) is 0 Å². The summed E-state index contributed by atoms with van der Waals surface area (Å²) in [5, 5.41) is 8.81. The van der Waals surface area contributed by atoms with Crippen molar-refractivity contribution in [2.75, 3.05) is 13.7 Å². The van der Waals surface area contributed by atoms with Crippen LogP contribution in [0, 0.1) is 0 Å². The van der Waals surface area contributed by atoms with Gasteiger partial charge in [0, 0.05) is 5.57 Å². The highest BCUT2D eigenvalue weighted by Crippen LogP contribution is 2.02.